The Morgan fingerprint density at radius 1 is 1.02 bits per heavy atom. The number of carbonyl (C=O) groups is 3. The quantitative estimate of drug-likeness (QED) is 0.170. The van der Waals surface area contributed by atoms with E-state index in [-0.39, 0.29) is 50.1 Å². The molecule has 0 atom stereocenters. The molecule has 1 spiro atoms. The van der Waals surface area contributed by atoms with Gasteiger partial charge in [0.1, 0.15) is 56.5 Å². The van der Waals surface area contributed by atoms with Crippen molar-refractivity contribution in [2.45, 2.75) is 51.7 Å². The number of nitro benzene ring substituents is 1. The maximum absolute atomic E-state index is 14.2. The number of nitro groups is 1. The second kappa shape index (κ2) is 15.1. The first-order valence-corrected chi connectivity index (χ1v) is 17.3. The van der Waals surface area contributed by atoms with Crippen LogP contribution < -0.4 is 29.1 Å². The van der Waals surface area contributed by atoms with Crippen LogP contribution in [0.25, 0.3) is 0 Å². The van der Waals surface area contributed by atoms with Crippen LogP contribution in [0.4, 0.5) is 48.8 Å². The summed E-state index contributed by atoms with van der Waals surface area (Å²) in [7, 11) is 3.88. The molecule has 2 fully saturated rings. The van der Waals surface area contributed by atoms with Crippen molar-refractivity contribution >= 4 is 75.8 Å². The smallest absolute Gasteiger partial charge is 0.423 e. The number of aromatic nitrogens is 2. The SMILES string of the molecule is CCN1CCN(c2ccc(N(C(=O)O)c3cc(N(C)C(=O)N(C(=O)OC(C)(C)C)c4c(Cl)c(OC)cc(OC)c4Cl)ncn3)c([N+](=O)[O-])c2)CC12CC2. The van der Waals surface area contributed by atoms with Crippen molar-refractivity contribution in [1.29, 1.82) is 0 Å². The third-order valence-electron chi connectivity index (χ3n) is 9.00. The Bertz CT molecular complexity index is 1910. The van der Waals surface area contributed by atoms with E-state index in [0.29, 0.717) is 28.6 Å². The van der Waals surface area contributed by atoms with E-state index in [0.717, 1.165) is 43.2 Å². The van der Waals surface area contributed by atoms with E-state index in [1.54, 1.807) is 26.8 Å². The molecule has 2 aromatic carbocycles. The lowest BCUT2D eigenvalue weighted by atomic mass is 10.1. The predicted octanol–water partition coefficient (Wildman–Crippen LogP) is 7.20. The van der Waals surface area contributed by atoms with Crippen LogP contribution in [-0.4, -0.2) is 102 Å². The number of ether oxygens (including phenoxy) is 3. The fourth-order valence-electron chi connectivity index (χ4n) is 6.25. The highest BCUT2D eigenvalue weighted by atomic mass is 35.5. The van der Waals surface area contributed by atoms with Gasteiger partial charge in [-0.3, -0.25) is 19.9 Å². The van der Waals surface area contributed by atoms with Gasteiger partial charge in [-0.25, -0.2) is 29.3 Å². The molecule has 284 valence electrons. The second-order valence-electron chi connectivity index (χ2n) is 13.4. The summed E-state index contributed by atoms with van der Waals surface area (Å²) in [4.78, 5) is 67.2. The number of likely N-dealkylation sites (N-methyl/N-ethyl adjacent to an activating group) is 1. The maximum atomic E-state index is 14.2. The van der Waals surface area contributed by atoms with Gasteiger partial charge in [0, 0.05) is 56.1 Å². The standard InChI is InChI=1S/C34H40Cl2N8O9/c1-8-41-14-13-40(18-34(41)11-12-34)20-9-10-21(22(15-20)44(49)50)42(31(46)47)26-17-25(37-19-38-26)39(5)30(45)43(32(48)53-33(2,3)4)29-27(35)23(51-6)16-24(52-7)28(29)36/h9-10,15-17,19H,8,11-14,18H2,1-7H3,(H,46,47). The molecule has 2 aliphatic rings. The molecule has 1 N–H and O–H groups in total. The lowest BCUT2D eigenvalue weighted by molar-refractivity contribution is -0.384. The van der Waals surface area contributed by atoms with Crippen LogP contribution >= 0.6 is 23.2 Å². The summed E-state index contributed by atoms with van der Waals surface area (Å²) in [6, 6.07) is 5.75. The first kappa shape index (κ1) is 39.1. The number of amides is 4. The summed E-state index contributed by atoms with van der Waals surface area (Å²) in [5.74, 6) is -0.480. The fourth-order valence-corrected chi connectivity index (χ4v) is 6.92. The number of methoxy groups -OCH3 is 2. The number of piperazine rings is 1. The summed E-state index contributed by atoms with van der Waals surface area (Å²) in [6.07, 6.45) is 0.292. The summed E-state index contributed by atoms with van der Waals surface area (Å²) in [5, 5.41) is 22.4. The van der Waals surface area contributed by atoms with Crippen molar-refractivity contribution in [2.75, 3.05) is 67.0 Å². The van der Waals surface area contributed by atoms with Gasteiger partial charge in [0.2, 0.25) is 0 Å². The number of halogens is 2. The molecule has 3 aromatic rings. The number of hydrogen-bond donors (Lipinski definition) is 1. The molecule has 1 aliphatic heterocycles. The van der Waals surface area contributed by atoms with Crippen LogP contribution in [-0.2, 0) is 4.74 Å². The maximum Gasteiger partial charge on any atom is 0.423 e. The zero-order chi connectivity index (χ0) is 39.0. The minimum atomic E-state index is -1.59. The van der Waals surface area contributed by atoms with E-state index >= 15 is 0 Å². The number of carbonyl (C=O) groups excluding carboxylic acids is 2. The van der Waals surface area contributed by atoms with Gasteiger partial charge in [0.05, 0.1) is 19.1 Å². The van der Waals surface area contributed by atoms with Gasteiger partial charge in [0.15, 0.2) is 0 Å². The van der Waals surface area contributed by atoms with E-state index in [2.05, 4.69) is 26.7 Å². The summed E-state index contributed by atoms with van der Waals surface area (Å²) < 4.78 is 16.2. The van der Waals surface area contributed by atoms with Crippen LogP contribution in [0, 0.1) is 10.1 Å². The van der Waals surface area contributed by atoms with Gasteiger partial charge in [0.25, 0.3) is 5.69 Å². The van der Waals surface area contributed by atoms with Crippen LogP contribution in [0.15, 0.2) is 36.7 Å². The first-order valence-electron chi connectivity index (χ1n) is 16.5. The highest BCUT2D eigenvalue weighted by Gasteiger charge is 2.50. The number of rotatable bonds is 9. The molecular formula is C34H40Cl2N8O9. The average molecular weight is 776 g/mol. The number of carboxylic acid groups (broad SMARTS) is 1. The minimum absolute atomic E-state index is 0.0243. The molecule has 0 bridgehead atoms. The van der Waals surface area contributed by atoms with Gasteiger partial charge < -0.3 is 24.2 Å². The lowest BCUT2D eigenvalue weighted by Gasteiger charge is -2.42. The number of benzene rings is 2. The molecule has 19 heteroatoms. The summed E-state index contributed by atoms with van der Waals surface area (Å²) in [6.45, 7) is 9.96. The number of anilines is 5. The monoisotopic (exact) mass is 774 g/mol. The Balaban J connectivity index is 1.53. The van der Waals surface area contributed by atoms with E-state index in [4.69, 9.17) is 37.4 Å². The first-order chi connectivity index (χ1) is 25.0. The number of nitrogens with zero attached hydrogens (tertiary/aromatic N) is 8. The number of imide groups is 1. The Morgan fingerprint density at radius 3 is 2.17 bits per heavy atom. The molecular weight excluding hydrogens is 735 g/mol. The highest BCUT2D eigenvalue weighted by molar-refractivity contribution is 6.43. The lowest BCUT2D eigenvalue weighted by Crippen LogP contribution is -2.54. The molecule has 1 saturated heterocycles. The van der Waals surface area contributed by atoms with Crippen molar-refractivity contribution < 1.29 is 38.6 Å². The van der Waals surface area contributed by atoms with Gasteiger partial charge in [-0.15, -0.1) is 0 Å². The largest absolute Gasteiger partial charge is 0.495 e. The molecule has 4 amide bonds. The molecule has 0 unspecified atom stereocenters. The van der Waals surface area contributed by atoms with Crippen molar-refractivity contribution in [3.63, 3.8) is 0 Å². The van der Waals surface area contributed by atoms with Crippen LogP contribution in [0.2, 0.25) is 10.0 Å². The van der Waals surface area contributed by atoms with Gasteiger partial charge >= 0.3 is 18.2 Å². The molecule has 53 heavy (non-hydrogen) atoms. The molecule has 17 nitrogen and oxygen atoms in total. The van der Waals surface area contributed by atoms with Crippen molar-refractivity contribution in [1.82, 2.24) is 14.9 Å². The van der Waals surface area contributed by atoms with Crippen LogP contribution in [0.3, 0.4) is 0 Å². The Hall–Kier alpha value is -5.13. The predicted molar refractivity (Wildman–Crippen MR) is 199 cm³/mol. The van der Waals surface area contributed by atoms with E-state index in [1.165, 1.54) is 39.5 Å². The topological polar surface area (TPSA) is 184 Å². The molecule has 1 aliphatic carbocycles. The van der Waals surface area contributed by atoms with Crippen molar-refractivity contribution in [3.8, 4) is 11.5 Å². The van der Waals surface area contributed by atoms with Gasteiger partial charge in [-0.1, -0.05) is 30.1 Å². The minimum Gasteiger partial charge on any atom is -0.495 e. The molecule has 0 radical (unpaired) electrons. The number of hydrogen-bond acceptors (Lipinski definition) is 12. The highest BCUT2D eigenvalue weighted by Crippen LogP contribution is 2.48. The Kier molecular flexibility index (Phi) is 11.1. The molecule has 2 heterocycles. The third-order valence-corrected chi connectivity index (χ3v) is 9.73. The van der Waals surface area contributed by atoms with Crippen LogP contribution in [0.5, 0.6) is 11.5 Å². The zero-order valence-electron chi connectivity index (χ0n) is 30.3. The van der Waals surface area contributed by atoms with E-state index in [9.17, 15) is 29.6 Å². The average Bonchev–Trinajstić information content (AvgIpc) is 3.87. The zero-order valence-corrected chi connectivity index (χ0v) is 31.8. The second-order valence-corrected chi connectivity index (χ2v) is 14.2. The molecule has 5 rings (SSSR count). The Morgan fingerprint density at radius 2 is 1.64 bits per heavy atom. The van der Waals surface area contributed by atoms with Crippen LogP contribution in [0.1, 0.15) is 40.5 Å². The molecule has 1 saturated carbocycles. The van der Waals surface area contributed by atoms with Gasteiger partial charge in [-0.2, -0.15) is 4.90 Å². The molecule has 1 aromatic heterocycles. The van der Waals surface area contributed by atoms with Crippen molar-refractivity contribution in [2.24, 2.45) is 0 Å². The van der Waals surface area contributed by atoms with E-state index in [1.807, 2.05) is 0 Å². The number of urea groups is 1. The third kappa shape index (κ3) is 7.82. The van der Waals surface area contributed by atoms with E-state index < -0.39 is 34.4 Å². The summed E-state index contributed by atoms with van der Waals surface area (Å²) in [5.41, 5.74) is -1.51. The fraction of sp³-hybridized carbons (Fsp3) is 0.441. The normalized spacial score (nSPS) is 15.1. The Labute approximate surface area is 315 Å². The van der Waals surface area contributed by atoms with Crippen molar-refractivity contribution in [3.05, 3.63) is 56.8 Å². The van der Waals surface area contributed by atoms with Gasteiger partial charge in [-0.05, 0) is 52.3 Å². The summed E-state index contributed by atoms with van der Waals surface area (Å²) >= 11 is 13.2.